The molecule has 8 nitrogen and oxygen atoms in total. The minimum Gasteiger partial charge on any atom is -0.468 e. The highest BCUT2D eigenvalue weighted by Crippen LogP contribution is 2.18. The molecule has 0 spiro atoms. The van der Waals surface area contributed by atoms with Crippen LogP contribution in [-0.2, 0) is 16.6 Å². The Morgan fingerprint density at radius 3 is 2.62 bits per heavy atom. The van der Waals surface area contributed by atoms with E-state index < -0.39 is 10.0 Å². The first-order valence-electron chi connectivity index (χ1n) is 9.94. The highest BCUT2D eigenvalue weighted by Gasteiger charge is 2.18. The van der Waals surface area contributed by atoms with E-state index in [2.05, 4.69) is 15.0 Å². The second-order valence-electron chi connectivity index (χ2n) is 7.19. The molecule has 2 aromatic carbocycles. The maximum atomic E-state index is 12.8. The minimum absolute atomic E-state index is 0.00837. The van der Waals surface area contributed by atoms with Crippen LogP contribution in [0.5, 0.6) is 0 Å². The van der Waals surface area contributed by atoms with Crippen LogP contribution in [0.15, 0.2) is 95.0 Å². The van der Waals surface area contributed by atoms with Gasteiger partial charge in [-0.05, 0) is 55.0 Å². The zero-order chi connectivity index (χ0) is 22.6. The molecule has 0 saturated carbocycles. The molecule has 2 aromatic heterocycles. The Balaban J connectivity index is 1.43. The third-order valence-corrected chi connectivity index (χ3v) is 6.37. The monoisotopic (exact) mass is 450 g/mol. The Morgan fingerprint density at radius 1 is 1.12 bits per heavy atom. The summed E-state index contributed by atoms with van der Waals surface area (Å²) in [6.07, 6.45) is 6.74. The van der Waals surface area contributed by atoms with Crippen molar-refractivity contribution >= 4 is 15.9 Å². The number of sulfonamides is 1. The van der Waals surface area contributed by atoms with Gasteiger partial charge in [0.15, 0.2) is 0 Å². The summed E-state index contributed by atoms with van der Waals surface area (Å²) < 4.78 is 34.7. The van der Waals surface area contributed by atoms with Gasteiger partial charge in [-0.15, -0.1) is 0 Å². The maximum absolute atomic E-state index is 12.8. The molecule has 2 N–H and O–H groups in total. The number of rotatable bonds is 8. The van der Waals surface area contributed by atoms with Crippen molar-refractivity contribution in [3.8, 4) is 5.69 Å². The first-order valence-corrected chi connectivity index (χ1v) is 11.4. The van der Waals surface area contributed by atoms with Gasteiger partial charge in [0.05, 0.1) is 30.1 Å². The Bertz CT molecular complexity index is 1280. The van der Waals surface area contributed by atoms with Crippen LogP contribution in [0.3, 0.4) is 0 Å². The van der Waals surface area contributed by atoms with Crippen molar-refractivity contribution in [2.24, 2.45) is 0 Å². The first kappa shape index (κ1) is 21.5. The van der Waals surface area contributed by atoms with Crippen molar-refractivity contribution in [2.75, 3.05) is 0 Å². The van der Waals surface area contributed by atoms with E-state index in [4.69, 9.17) is 4.42 Å². The topological polar surface area (TPSA) is 106 Å². The van der Waals surface area contributed by atoms with Crippen LogP contribution in [0.1, 0.15) is 34.6 Å². The SMILES string of the molecule is C[C@H](NC(=O)c1cccc(S(=O)(=O)NCc2ccco2)c1)c1ccc(-n2ccnc2)cc1. The van der Waals surface area contributed by atoms with Crippen molar-refractivity contribution in [3.05, 3.63) is 103 Å². The summed E-state index contributed by atoms with van der Waals surface area (Å²) in [7, 11) is -3.80. The van der Waals surface area contributed by atoms with Gasteiger partial charge in [-0.25, -0.2) is 18.1 Å². The van der Waals surface area contributed by atoms with Gasteiger partial charge in [-0.3, -0.25) is 4.79 Å². The molecule has 0 aliphatic carbocycles. The van der Waals surface area contributed by atoms with Crippen molar-refractivity contribution in [3.63, 3.8) is 0 Å². The fourth-order valence-electron chi connectivity index (χ4n) is 3.18. The summed E-state index contributed by atoms with van der Waals surface area (Å²) in [5.41, 5.74) is 2.14. The molecule has 4 aromatic rings. The van der Waals surface area contributed by atoms with E-state index in [0.717, 1.165) is 11.3 Å². The molecule has 9 heteroatoms. The van der Waals surface area contributed by atoms with Crippen LogP contribution in [-0.4, -0.2) is 23.9 Å². The van der Waals surface area contributed by atoms with Crippen molar-refractivity contribution < 1.29 is 17.6 Å². The molecule has 4 rings (SSSR count). The van der Waals surface area contributed by atoms with Crippen LogP contribution >= 0.6 is 0 Å². The zero-order valence-corrected chi connectivity index (χ0v) is 18.1. The van der Waals surface area contributed by atoms with E-state index in [0.29, 0.717) is 5.76 Å². The molecule has 0 saturated heterocycles. The molecular formula is C23H22N4O4S. The predicted molar refractivity (Wildman–Crippen MR) is 119 cm³/mol. The van der Waals surface area contributed by atoms with E-state index >= 15 is 0 Å². The number of hydrogen-bond acceptors (Lipinski definition) is 5. The number of benzene rings is 2. The molecule has 0 unspecified atom stereocenters. The molecule has 32 heavy (non-hydrogen) atoms. The number of carbonyl (C=O) groups excluding carboxylic acids is 1. The molecule has 1 atom stereocenters. The fourth-order valence-corrected chi connectivity index (χ4v) is 4.22. The summed E-state index contributed by atoms with van der Waals surface area (Å²) in [6, 6.07) is 16.8. The van der Waals surface area contributed by atoms with Gasteiger partial charge >= 0.3 is 0 Å². The highest BCUT2D eigenvalue weighted by atomic mass is 32.2. The third-order valence-electron chi connectivity index (χ3n) is 4.97. The van der Waals surface area contributed by atoms with Crippen LogP contribution in [0.4, 0.5) is 0 Å². The van der Waals surface area contributed by atoms with E-state index in [9.17, 15) is 13.2 Å². The van der Waals surface area contributed by atoms with Crippen LogP contribution in [0.25, 0.3) is 5.69 Å². The van der Waals surface area contributed by atoms with Crippen LogP contribution < -0.4 is 10.0 Å². The largest absolute Gasteiger partial charge is 0.468 e. The highest BCUT2D eigenvalue weighted by molar-refractivity contribution is 7.89. The number of nitrogens with one attached hydrogen (secondary N) is 2. The Labute approximate surface area is 186 Å². The van der Waals surface area contributed by atoms with E-state index in [-0.39, 0.29) is 29.0 Å². The smallest absolute Gasteiger partial charge is 0.251 e. The standard InChI is InChI=1S/C23H22N4O4S/c1-17(18-7-9-20(10-8-18)27-12-11-24-16-27)26-23(28)19-4-2-6-22(14-19)32(29,30)25-15-21-5-3-13-31-21/h2-14,16-17,25H,15H2,1H3,(H,26,28)/t17-/m0/s1. The van der Waals surface area contributed by atoms with Crippen molar-refractivity contribution in [2.45, 2.75) is 24.4 Å². The van der Waals surface area contributed by atoms with E-state index in [1.54, 1.807) is 36.8 Å². The minimum atomic E-state index is -3.80. The normalized spacial score (nSPS) is 12.4. The quantitative estimate of drug-likeness (QED) is 0.428. The number of hydrogen-bond donors (Lipinski definition) is 2. The van der Waals surface area contributed by atoms with E-state index in [1.807, 2.05) is 42.0 Å². The Morgan fingerprint density at radius 2 is 1.94 bits per heavy atom. The lowest BCUT2D eigenvalue weighted by atomic mass is 10.1. The van der Waals surface area contributed by atoms with Crippen molar-refractivity contribution in [1.29, 1.82) is 0 Å². The van der Waals surface area contributed by atoms with Gasteiger partial charge < -0.3 is 14.3 Å². The van der Waals surface area contributed by atoms with Gasteiger partial charge in [-0.2, -0.15) is 0 Å². The maximum Gasteiger partial charge on any atom is 0.251 e. The van der Waals surface area contributed by atoms with Crippen LogP contribution in [0, 0.1) is 0 Å². The van der Waals surface area contributed by atoms with Crippen molar-refractivity contribution in [1.82, 2.24) is 19.6 Å². The molecule has 2 heterocycles. The third kappa shape index (κ3) is 4.96. The number of nitrogens with zero attached hydrogens (tertiary/aromatic N) is 2. The molecule has 0 radical (unpaired) electrons. The number of amides is 1. The second kappa shape index (κ2) is 9.21. The van der Waals surface area contributed by atoms with Gasteiger partial charge in [0.1, 0.15) is 5.76 Å². The molecular weight excluding hydrogens is 428 g/mol. The summed E-state index contributed by atoms with van der Waals surface area (Å²) in [5, 5.41) is 2.91. The number of imidazole rings is 1. The number of carbonyl (C=O) groups is 1. The summed E-state index contributed by atoms with van der Waals surface area (Å²) in [6.45, 7) is 1.90. The van der Waals surface area contributed by atoms with Gasteiger partial charge in [0.2, 0.25) is 10.0 Å². The summed E-state index contributed by atoms with van der Waals surface area (Å²) in [4.78, 5) is 16.8. The molecule has 0 aliphatic rings. The second-order valence-corrected chi connectivity index (χ2v) is 8.96. The van der Waals surface area contributed by atoms with Crippen LogP contribution in [0.2, 0.25) is 0 Å². The molecule has 0 fully saturated rings. The van der Waals surface area contributed by atoms with E-state index in [1.165, 1.54) is 18.4 Å². The molecule has 164 valence electrons. The van der Waals surface area contributed by atoms with Gasteiger partial charge in [0.25, 0.3) is 5.91 Å². The molecule has 0 bridgehead atoms. The lowest BCUT2D eigenvalue weighted by molar-refractivity contribution is 0.0939. The molecule has 0 aliphatic heterocycles. The first-order chi connectivity index (χ1) is 15.4. The lowest BCUT2D eigenvalue weighted by Crippen LogP contribution is -2.27. The fraction of sp³-hybridized carbons (Fsp3) is 0.130. The predicted octanol–water partition coefficient (Wildman–Crippen LogP) is 3.43. The average molecular weight is 451 g/mol. The summed E-state index contributed by atoms with van der Waals surface area (Å²) >= 11 is 0. The summed E-state index contributed by atoms with van der Waals surface area (Å²) in [5.74, 6) is 0.134. The number of furan rings is 1. The van der Waals surface area contributed by atoms with Gasteiger partial charge in [0, 0.05) is 23.6 Å². The average Bonchev–Trinajstić information content (AvgIpc) is 3.52. The Hall–Kier alpha value is -3.69. The lowest BCUT2D eigenvalue weighted by Gasteiger charge is -2.15. The number of aromatic nitrogens is 2. The molecule has 1 amide bonds. The Kier molecular flexibility index (Phi) is 6.20. The van der Waals surface area contributed by atoms with Gasteiger partial charge in [-0.1, -0.05) is 18.2 Å². The zero-order valence-electron chi connectivity index (χ0n) is 17.3.